The summed E-state index contributed by atoms with van der Waals surface area (Å²) in [6.07, 6.45) is 3.56. The third-order valence-corrected chi connectivity index (χ3v) is 3.95. The summed E-state index contributed by atoms with van der Waals surface area (Å²) in [5.74, 6) is 0. The molecule has 4 heteroatoms. The molecule has 0 fully saturated rings. The Bertz CT molecular complexity index is 708. The van der Waals surface area contributed by atoms with Crippen molar-refractivity contribution in [2.45, 2.75) is 25.4 Å². The molecule has 22 heavy (non-hydrogen) atoms. The fourth-order valence-electron chi connectivity index (χ4n) is 2.78. The van der Waals surface area contributed by atoms with E-state index in [0.717, 1.165) is 30.3 Å². The summed E-state index contributed by atoms with van der Waals surface area (Å²) in [5, 5.41) is 21.0. The van der Waals surface area contributed by atoms with E-state index < -0.39 is 0 Å². The molecule has 0 aliphatic carbocycles. The topological polar surface area (TPSA) is 60.9 Å². The first-order chi connectivity index (χ1) is 10.9. The maximum Gasteiger partial charge on any atom is 0.0695 e. The van der Waals surface area contributed by atoms with E-state index in [2.05, 4.69) is 58.0 Å². The van der Waals surface area contributed by atoms with E-state index in [9.17, 15) is 0 Å². The van der Waals surface area contributed by atoms with Crippen LogP contribution in [-0.2, 0) is 6.54 Å². The first kappa shape index (κ1) is 14.8. The van der Waals surface area contributed by atoms with Crippen molar-refractivity contribution in [1.82, 2.24) is 15.5 Å². The van der Waals surface area contributed by atoms with Crippen molar-refractivity contribution in [3.63, 3.8) is 0 Å². The molecule has 3 rings (SSSR count). The molecule has 0 aliphatic heterocycles. The van der Waals surface area contributed by atoms with E-state index in [4.69, 9.17) is 5.11 Å². The fourth-order valence-corrected chi connectivity index (χ4v) is 2.78. The fraction of sp³-hybridized carbons (Fsp3) is 0.278. The summed E-state index contributed by atoms with van der Waals surface area (Å²) < 4.78 is 0. The van der Waals surface area contributed by atoms with Crippen LogP contribution in [0.4, 0.5) is 0 Å². The van der Waals surface area contributed by atoms with Crippen LogP contribution in [0.25, 0.3) is 10.9 Å². The highest BCUT2D eigenvalue weighted by Crippen LogP contribution is 2.21. The monoisotopic (exact) mass is 295 g/mol. The number of hydrogen-bond donors (Lipinski definition) is 3. The molecular formula is C18H21N3O. The van der Waals surface area contributed by atoms with Gasteiger partial charge in [0.2, 0.25) is 0 Å². The van der Waals surface area contributed by atoms with Crippen molar-refractivity contribution in [3.05, 3.63) is 65.9 Å². The Labute approximate surface area is 130 Å². The summed E-state index contributed by atoms with van der Waals surface area (Å²) in [7, 11) is 0. The van der Waals surface area contributed by atoms with E-state index in [1.165, 1.54) is 11.1 Å². The number of aromatic nitrogens is 2. The normalized spacial score (nSPS) is 12.6. The third-order valence-electron chi connectivity index (χ3n) is 3.95. The smallest absolute Gasteiger partial charge is 0.0695 e. The SMILES string of the molecule is OCCCC(NCc1cccc2cn[nH]c12)c1ccccc1. The first-order valence-electron chi connectivity index (χ1n) is 7.68. The van der Waals surface area contributed by atoms with E-state index in [-0.39, 0.29) is 12.6 Å². The van der Waals surface area contributed by atoms with Gasteiger partial charge in [0, 0.05) is 24.6 Å². The minimum absolute atomic E-state index is 0.223. The predicted octanol–water partition coefficient (Wildman–Crippen LogP) is 3.17. The van der Waals surface area contributed by atoms with Crippen LogP contribution in [0.3, 0.4) is 0 Å². The minimum Gasteiger partial charge on any atom is -0.396 e. The van der Waals surface area contributed by atoms with Gasteiger partial charge in [0.25, 0.3) is 0 Å². The second-order valence-electron chi connectivity index (χ2n) is 5.46. The summed E-state index contributed by atoms with van der Waals surface area (Å²) >= 11 is 0. The molecule has 2 aromatic carbocycles. The van der Waals surface area contributed by atoms with Gasteiger partial charge < -0.3 is 10.4 Å². The van der Waals surface area contributed by atoms with Crippen LogP contribution in [0.1, 0.15) is 30.0 Å². The Morgan fingerprint density at radius 3 is 2.77 bits per heavy atom. The molecule has 1 heterocycles. The Hall–Kier alpha value is -2.17. The van der Waals surface area contributed by atoms with Crippen LogP contribution in [0.15, 0.2) is 54.7 Å². The molecule has 1 unspecified atom stereocenters. The number of H-pyrrole nitrogens is 1. The standard InChI is InChI=1S/C18H21N3O/c22-11-5-10-17(14-6-2-1-3-7-14)19-12-15-8-4-9-16-13-20-21-18(15)16/h1-4,6-9,13,17,19,22H,5,10-12H2,(H,20,21). The number of nitrogens with zero attached hydrogens (tertiary/aromatic N) is 1. The molecular weight excluding hydrogens is 274 g/mol. The van der Waals surface area contributed by atoms with Crippen molar-refractivity contribution in [1.29, 1.82) is 0 Å². The van der Waals surface area contributed by atoms with Gasteiger partial charge in [-0.2, -0.15) is 5.10 Å². The van der Waals surface area contributed by atoms with Gasteiger partial charge in [-0.05, 0) is 24.0 Å². The van der Waals surface area contributed by atoms with E-state index in [1.807, 2.05) is 12.3 Å². The average molecular weight is 295 g/mol. The Morgan fingerprint density at radius 1 is 1.09 bits per heavy atom. The van der Waals surface area contributed by atoms with Crippen LogP contribution in [0.5, 0.6) is 0 Å². The van der Waals surface area contributed by atoms with Crippen molar-refractivity contribution in [3.8, 4) is 0 Å². The zero-order chi connectivity index (χ0) is 15.2. The molecule has 3 N–H and O–H groups in total. The van der Waals surface area contributed by atoms with Crippen LogP contribution in [0.2, 0.25) is 0 Å². The lowest BCUT2D eigenvalue weighted by atomic mass is 10.0. The Morgan fingerprint density at radius 2 is 1.95 bits per heavy atom. The molecule has 0 spiro atoms. The summed E-state index contributed by atoms with van der Waals surface area (Å²) in [6.45, 7) is 0.992. The maximum atomic E-state index is 9.12. The Kier molecular flexibility index (Phi) is 4.83. The number of aliphatic hydroxyl groups excluding tert-OH is 1. The van der Waals surface area contributed by atoms with Crippen molar-refractivity contribution >= 4 is 10.9 Å². The van der Waals surface area contributed by atoms with Crippen molar-refractivity contribution in [2.75, 3.05) is 6.61 Å². The van der Waals surface area contributed by atoms with Crippen molar-refractivity contribution < 1.29 is 5.11 Å². The van der Waals surface area contributed by atoms with Crippen LogP contribution < -0.4 is 5.32 Å². The highest BCUT2D eigenvalue weighted by atomic mass is 16.2. The van der Waals surface area contributed by atoms with Gasteiger partial charge in [-0.15, -0.1) is 0 Å². The van der Waals surface area contributed by atoms with E-state index >= 15 is 0 Å². The van der Waals surface area contributed by atoms with Crippen LogP contribution in [0, 0.1) is 0 Å². The van der Waals surface area contributed by atoms with Gasteiger partial charge in [0.1, 0.15) is 0 Å². The number of nitrogens with one attached hydrogen (secondary N) is 2. The number of para-hydroxylation sites is 1. The highest BCUT2D eigenvalue weighted by molar-refractivity contribution is 5.81. The molecule has 0 radical (unpaired) electrons. The lowest BCUT2D eigenvalue weighted by Crippen LogP contribution is -2.21. The third kappa shape index (κ3) is 3.35. The highest BCUT2D eigenvalue weighted by Gasteiger charge is 2.11. The minimum atomic E-state index is 0.223. The number of fused-ring (bicyclic) bond motifs is 1. The maximum absolute atomic E-state index is 9.12. The van der Waals surface area contributed by atoms with Gasteiger partial charge in [-0.25, -0.2) is 0 Å². The van der Waals surface area contributed by atoms with Crippen molar-refractivity contribution in [2.24, 2.45) is 0 Å². The quantitative estimate of drug-likeness (QED) is 0.627. The first-order valence-corrected chi connectivity index (χ1v) is 7.68. The lowest BCUT2D eigenvalue weighted by molar-refractivity contribution is 0.275. The van der Waals surface area contributed by atoms with E-state index in [0.29, 0.717) is 0 Å². The van der Waals surface area contributed by atoms with E-state index in [1.54, 1.807) is 0 Å². The number of benzene rings is 2. The average Bonchev–Trinajstić information content (AvgIpc) is 3.05. The molecule has 0 saturated heterocycles. The number of aliphatic hydroxyl groups is 1. The van der Waals surface area contributed by atoms with Gasteiger partial charge in [-0.1, -0.05) is 48.5 Å². The number of rotatable bonds is 7. The predicted molar refractivity (Wildman–Crippen MR) is 88.4 cm³/mol. The number of aromatic amines is 1. The van der Waals surface area contributed by atoms with Crippen LogP contribution in [-0.4, -0.2) is 21.9 Å². The second-order valence-corrected chi connectivity index (χ2v) is 5.46. The zero-order valence-electron chi connectivity index (χ0n) is 12.5. The largest absolute Gasteiger partial charge is 0.396 e. The number of hydrogen-bond acceptors (Lipinski definition) is 3. The molecule has 0 saturated carbocycles. The molecule has 0 bridgehead atoms. The zero-order valence-corrected chi connectivity index (χ0v) is 12.5. The summed E-state index contributed by atoms with van der Waals surface area (Å²) in [6, 6.07) is 16.9. The molecule has 0 amide bonds. The molecule has 0 aliphatic rings. The summed E-state index contributed by atoms with van der Waals surface area (Å²) in [5.41, 5.74) is 3.55. The molecule has 4 nitrogen and oxygen atoms in total. The summed E-state index contributed by atoms with van der Waals surface area (Å²) in [4.78, 5) is 0. The molecule has 114 valence electrons. The molecule has 3 aromatic rings. The lowest BCUT2D eigenvalue weighted by Gasteiger charge is -2.19. The van der Waals surface area contributed by atoms with Gasteiger partial charge >= 0.3 is 0 Å². The van der Waals surface area contributed by atoms with Gasteiger partial charge in [0.05, 0.1) is 11.7 Å². The van der Waals surface area contributed by atoms with Gasteiger partial charge in [-0.3, -0.25) is 5.10 Å². The Balaban J connectivity index is 1.75. The molecule has 1 aromatic heterocycles. The second kappa shape index (κ2) is 7.20. The van der Waals surface area contributed by atoms with Crippen LogP contribution >= 0.6 is 0 Å². The van der Waals surface area contributed by atoms with Gasteiger partial charge in [0.15, 0.2) is 0 Å². The molecule has 1 atom stereocenters.